The highest BCUT2D eigenvalue weighted by Gasteiger charge is 2.12. The molecule has 0 aliphatic carbocycles. The highest BCUT2D eigenvalue weighted by molar-refractivity contribution is 6.30. The minimum atomic E-state index is -2.82. The molecular formula is C18H16ClF2N3O2. The third kappa shape index (κ3) is 5.00. The van der Waals surface area contributed by atoms with Crippen LogP contribution < -0.4 is 4.74 Å². The van der Waals surface area contributed by atoms with E-state index < -0.39 is 6.61 Å². The lowest BCUT2D eigenvalue weighted by molar-refractivity contribution is -0.0498. The predicted octanol–water partition coefficient (Wildman–Crippen LogP) is 4.62. The molecule has 0 radical (unpaired) electrons. The first-order chi connectivity index (χ1) is 12.5. The Labute approximate surface area is 154 Å². The van der Waals surface area contributed by atoms with Crippen LogP contribution in [0, 0.1) is 0 Å². The van der Waals surface area contributed by atoms with E-state index in [9.17, 15) is 8.78 Å². The summed E-state index contributed by atoms with van der Waals surface area (Å²) >= 11 is 5.97. The molecule has 26 heavy (non-hydrogen) atoms. The van der Waals surface area contributed by atoms with Gasteiger partial charge in [-0.1, -0.05) is 41.0 Å². The van der Waals surface area contributed by atoms with Gasteiger partial charge in [-0.05, 0) is 36.9 Å². The molecule has 0 aliphatic heterocycles. The molecule has 136 valence electrons. The zero-order chi connectivity index (χ0) is 18.5. The summed E-state index contributed by atoms with van der Waals surface area (Å²) in [6, 6.07) is 13.7. The van der Waals surface area contributed by atoms with Crippen LogP contribution in [0.5, 0.6) is 5.75 Å². The fourth-order valence-electron chi connectivity index (χ4n) is 2.44. The molecule has 8 heteroatoms. The molecule has 1 heterocycles. The Morgan fingerprint density at radius 2 is 1.92 bits per heavy atom. The van der Waals surface area contributed by atoms with Crippen LogP contribution in [0.3, 0.4) is 0 Å². The second-order valence-electron chi connectivity index (χ2n) is 5.72. The smallest absolute Gasteiger partial charge is 0.387 e. The Kier molecular flexibility index (Phi) is 5.80. The van der Waals surface area contributed by atoms with Crippen molar-refractivity contribution in [1.82, 2.24) is 15.0 Å². The molecule has 3 rings (SSSR count). The van der Waals surface area contributed by atoms with Gasteiger partial charge in [0.25, 0.3) is 0 Å². The number of aromatic nitrogens is 2. The highest BCUT2D eigenvalue weighted by Crippen LogP contribution is 2.21. The molecule has 0 N–H and O–H groups in total. The third-order valence-electron chi connectivity index (χ3n) is 3.56. The Morgan fingerprint density at radius 1 is 1.15 bits per heavy atom. The largest absolute Gasteiger partial charge is 0.435 e. The molecule has 0 atom stereocenters. The molecule has 0 fully saturated rings. The Morgan fingerprint density at radius 3 is 2.62 bits per heavy atom. The van der Waals surface area contributed by atoms with Crippen LogP contribution in [-0.2, 0) is 13.1 Å². The van der Waals surface area contributed by atoms with Crippen molar-refractivity contribution < 1.29 is 18.0 Å². The van der Waals surface area contributed by atoms with E-state index in [0.29, 0.717) is 29.8 Å². The van der Waals surface area contributed by atoms with Gasteiger partial charge in [0.05, 0.1) is 6.54 Å². The molecule has 0 amide bonds. The maximum atomic E-state index is 12.2. The summed E-state index contributed by atoms with van der Waals surface area (Å²) in [5, 5.41) is 4.57. The van der Waals surface area contributed by atoms with Gasteiger partial charge in [0.1, 0.15) is 5.75 Å². The van der Waals surface area contributed by atoms with Gasteiger partial charge in [-0.15, -0.1) is 0 Å². The van der Waals surface area contributed by atoms with Crippen molar-refractivity contribution in [3.8, 4) is 17.1 Å². The first-order valence-corrected chi connectivity index (χ1v) is 8.18. The minimum Gasteiger partial charge on any atom is -0.435 e. The van der Waals surface area contributed by atoms with Crippen molar-refractivity contribution in [2.24, 2.45) is 0 Å². The molecule has 0 saturated carbocycles. The van der Waals surface area contributed by atoms with Crippen LogP contribution in [-0.4, -0.2) is 28.7 Å². The summed E-state index contributed by atoms with van der Waals surface area (Å²) in [4.78, 5) is 6.34. The number of benzene rings is 2. The van der Waals surface area contributed by atoms with E-state index in [1.165, 1.54) is 12.1 Å². The SMILES string of the molecule is CN(Cc1ccc(OC(F)F)cc1)Cc1nc(-c2cccc(Cl)c2)no1. The zero-order valence-electron chi connectivity index (χ0n) is 13.9. The molecule has 0 aliphatic rings. The van der Waals surface area contributed by atoms with Crippen molar-refractivity contribution in [2.75, 3.05) is 7.05 Å². The lowest BCUT2D eigenvalue weighted by Crippen LogP contribution is -2.17. The highest BCUT2D eigenvalue weighted by atomic mass is 35.5. The summed E-state index contributed by atoms with van der Waals surface area (Å²) in [5.41, 5.74) is 1.73. The van der Waals surface area contributed by atoms with Crippen LogP contribution in [0.1, 0.15) is 11.5 Å². The number of hydrogen-bond acceptors (Lipinski definition) is 5. The molecule has 0 spiro atoms. The third-order valence-corrected chi connectivity index (χ3v) is 3.79. The molecule has 0 unspecified atom stereocenters. The van der Waals surface area contributed by atoms with Crippen molar-refractivity contribution in [1.29, 1.82) is 0 Å². The van der Waals surface area contributed by atoms with Crippen molar-refractivity contribution in [3.05, 3.63) is 65.0 Å². The minimum absolute atomic E-state index is 0.134. The standard InChI is InChI=1S/C18H16ClF2N3O2/c1-24(10-12-5-7-15(8-6-12)25-18(20)21)11-16-22-17(23-26-16)13-3-2-4-14(19)9-13/h2-9,18H,10-11H2,1H3. The normalized spacial score (nSPS) is 11.3. The molecule has 0 bridgehead atoms. The second kappa shape index (κ2) is 8.25. The summed E-state index contributed by atoms with van der Waals surface area (Å²) < 4.78 is 33.9. The van der Waals surface area contributed by atoms with E-state index in [0.717, 1.165) is 11.1 Å². The van der Waals surface area contributed by atoms with Gasteiger partial charge in [0.15, 0.2) is 0 Å². The van der Waals surface area contributed by atoms with Gasteiger partial charge < -0.3 is 9.26 Å². The van der Waals surface area contributed by atoms with Gasteiger partial charge in [-0.25, -0.2) is 0 Å². The van der Waals surface area contributed by atoms with E-state index in [1.54, 1.807) is 24.3 Å². The molecule has 1 aromatic heterocycles. The fourth-order valence-corrected chi connectivity index (χ4v) is 2.63. The fraction of sp³-hybridized carbons (Fsp3) is 0.222. The molecule has 2 aromatic carbocycles. The Bertz CT molecular complexity index is 856. The summed E-state index contributed by atoms with van der Waals surface area (Å²) in [5.74, 6) is 1.08. The van der Waals surface area contributed by atoms with E-state index in [-0.39, 0.29) is 5.75 Å². The number of ether oxygens (including phenoxy) is 1. The molecule has 5 nitrogen and oxygen atoms in total. The van der Waals surface area contributed by atoms with Crippen LogP contribution in [0.15, 0.2) is 53.1 Å². The molecule has 3 aromatic rings. The van der Waals surface area contributed by atoms with E-state index in [2.05, 4.69) is 14.9 Å². The van der Waals surface area contributed by atoms with Gasteiger partial charge in [0, 0.05) is 17.1 Å². The lowest BCUT2D eigenvalue weighted by Gasteiger charge is -2.14. The summed E-state index contributed by atoms with van der Waals surface area (Å²) in [7, 11) is 1.90. The monoisotopic (exact) mass is 379 g/mol. The van der Waals surface area contributed by atoms with Gasteiger partial charge in [0.2, 0.25) is 11.7 Å². The summed E-state index contributed by atoms with van der Waals surface area (Å²) in [6.07, 6.45) is 0. The first-order valence-electron chi connectivity index (χ1n) is 7.80. The first kappa shape index (κ1) is 18.3. The number of halogens is 3. The number of rotatable bonds is 7. The Hall–Kier alpha value is -2.51. The molecule has 0 saturated heterocycles. The average Bonchev–Trinajstić information content (AvgIpc) is 3.04. The van der Waals surface area contributed by atoms with Crippen LogP contribution in [0.25, 0.3) is 11.4 Å². The number of alkyl halides is 2. The second-order valence-corrected chi connectivity index (χ2v) is 6.15. The van der Waals surface area contributed by atoms with Crippen LogP contribution >= 0.6 is 11.6 Å². The van der Waals surface area contributed by atoms with Gasteiger partial charge in [-0.2, -0.15) is 13.8 Å². The van der Waals surface area contributed by atoms with Gasteiger partial charge >= 0.3 is 6.61 Å². The maximum Gasteiger partial charge on any atom is 0.387 e. The lowest BCUT2D eigenvalue weighted by atomic mass is 10.2. The van der Waals surface area contributed by atoms with Crippen molar-refractivity contribution in [2.45, 2.75) is 19.7 Å². The van der Waals surface area contributed by atoms with Crippen molar-refractivity contribution >= 4 is 11.6 Å². The van der Waals surface area contributed by atoms with E-state index in [4.69, 9.17) is 16.1 Å². The topological polar surface area (TPSA) is 51.4 Å². The quantitative estimate of drug-likeness (QED) is 0.599. The predicted molar refractivity (Wildman–Crippen MR) is 93.0 cm³/mol. The molecular weight excluding hydrogens is 364 g/mol. The van der Waals surface area contributed by atoms with E-state index >= 15 is 0 Å². The Balaban J connectivity index is 1.59. The average molecular weight is 380 g/mol. The number of nitrogens with zero attached hydrogens (tertiary/aromatic N) is 3. The summed E-state index contributed by atoms with van der Waals surface area (Å²) in [6.45, 7) is -1.79. The van der Waals surface area contributed by atoms with E-state index in [1.807, 2.05) is 24.1 Å². The zero-order valence-corrected chi connectivity index (χ0v) is 14.7. The number of hydrogen-bond donors (Lipinski definition) is 0. The van der Waals surface area contributed by atoms with Crippen LogP contribution in [0.2, 0.25) is 5.02 Å². The van der Waals surface area contributed by atoms with Gasteiger partial charge in [-0.3, -0.25) is 4.90 Å². The van der Waals surface area contributed by atoms with Crippen molar-refractivity contribution in [3.63, 3.8) is 0 Å². The maximum absolute atomic E-state index is 12.2. The van der Waals surface area contributed by atoms with Crippen LogP contribution in [0.4, 0.5) is 8.78 Å².